The van der Waals surface area contributed by atoms with Gasteiger partial charge < -0.3 is 9.84 Å². The molecule has 0 aliphatic carbocycles. The SMILES string of the molecule is CCCCCC/C=C\COC(=O)CCCCCCCCC(=O)CCCCCCCCO. The highest BCUT2D eigenvalue weighted by Crippen LogP contribution is 2.12. The Labute approximate surface area is 192 Å². The highest BCUT2D eigenvalue weighted by Gasteiger charge is 2.03. The van der Waals surface area contributed by atoms with Gasteiger partial charge in [0, 0.05) is 25.9 Å². The number of aliphatic hydroxyl groups is 1. The van der Waals surface area contributed by atoms with Crippen LogP contribution in [-0.2, 0) is 14.3 Å². The van der Waals surface area contributed by atoms with Crippen LogP contribution in [0.1, 0.15) is 135 Å². The highest BCUT2D eigenvalue weighted by atomic mass is 16.5. The summed E-state index contributed by atoms with van der Waals surface area (Å²) in [6.07, 6.45) is 25.1. The van der Waals surface area contributed by atoms with E-state index in [4.69, 9.17) is 9.84 Å². The average molecular weight is 439 g/mol. The lowest BCUT2D eigenvalue weighted by Gasteiger charge is -2.04. The minimum atomic E-state index is -0.0883. The van der Waals surface area contributed by atoms with Crippen molar-refractivity contribution in [1.82, 2.24) is 0 Å². The number of hydrogen-bond donors (Lipinski definition) is 1. The largest absolute Gasteiger partial charge is 0.461 e. The smallest absolute Gasteiger partial charge is 0.306 e. The molecule has 0 atom stereocenters. The van der Waals surface area contributed by atoms with Gasteiger partial charge in [-0.25, -0.2) is 0 Å². The van der Waals surface area contributed by atoms with Crippen LogP contribution in [0.2, 0.25) is 0 Å². The van der Waals surface area contributed by atoms with Crippen molar-refractivity contribution in [2.45, 2.75) is 135 Å². The first-order valence-electron chi connectivity index (χ1n) is 13.1. The fourth-order valence-corrected chi connectivity index (χ4v) is 3.65. The highest BCUT2D eigenvalue weighted by molar-refractivity contribution is 5.78. The Kier molecular flexibility index (Phi) is 24.2. The molecule has 0 amide bonds. The van der Waals surface area contributed by atoms with Crippen LogP contribution in [0.15, 0.2) is 12.2 Å². The van der Waals surface area contributed by atoms with Crippen molar-refractivity contribution >= 4 is 11.8 Å². The summed E-state index contributed by atoms with van der Waals surface area (Å²) in [6, 6.07) is 0. The Morgan fingerprint density at radius 1 is 0.645 bits per heavy atom. The van der Waals surface area contributed by atoms with E-state index in [-0.39, 0.29) is 5.97 Å². The van der Waals surface area contributed by atoms with Gasteiger partial charge in [-0.15, -0.1) is 0 Å². The Balaban J connectivity index is 3.31. The zero-order chi connectivity index (χ0) is 22.8. The van der Waals surface area contributed by atoms with E-state index >= 15 is 0 Å². The van der Waals surface area contributed by atoms with Crippen LogP contribution >= 0.6 is 0 Å². The summed E-state index contributed by atoms with van der Waals surface area (Å²) in [7, 11) is 0. The molecule has 0 spiro atoms. The van der Waals surface area contributed by atoms with E-state index in [0.717, 1.165) is 83.5 Å². The third-order valence-electron chi connectivity index (χ3n) is 5.68. The predicted molar refractivity (Wildman–Crippen MR) is 130 cm³/mol. The van der Waals surface area contributed by atoms with E-state index in [1.165, 1.54) is 38.5 Å². The van der Waals surface area contributed by atoms with Gasteiger partial charge in [-0.3, -0.25) is 9.59 Å². The number of carbonyl (C=O) groups is 2. The topological polar surface area (TPSA) is 63.6 Å². The molecule has 0 fully saturated rings. The van der Waals surface area contributed by atoms with Crippen molar-refractivity contribution in [2.24, 2.45) is 0 Å². The molecule has 4 heteroatoms. The van der Waals surface area contributed by atoms with Crippen molar-refractivity contribution in [1.29, 1.82) is 0 Å². The number of carbonyl (C=O) groups excluding carboxylic acids is 2. The van der Waals surface area contributed by atoms with E-state index < -0.39 is 0 Å². The second-order valence-corrected chi connectivity index (χ2v) is 8.76. The van der Waals surface area contributed by atoms with Crippen LogP contribution in [0, 0.1) is 0 Å². The third kappa shape index (κ3) is 25.0. The lowest BCUT2D eigenvalue weighted by molar-refractivity contribution is -0.142. The summed E-state index contributed by atoms with van der Waals surface area (Å²) in [4.78, 5) is 23.6. The van der Waals surface area contributed by atoms with E-state index in [1.54, 1.807) is 0 Å². The molecule has 4 nitrogen and oxygen atoms in total. The molecular weight excluding hydrogens is 388 g/mol. The maximum Gasteiger partial charge on any atom is 0.306 e. The van der Waals surface area contributed by atoms with Gasteiger partial charge in [0.05, 0.1) is 0 Å². The first-order valence-corrected chi connectivity index (χ1v) is 13.1. The Morgan fingerprint density at radius 2 is 1.16 bits per heavy atom. The lowest BCUT2D eigenvalue weighted by atomic mass is 10.0. The van der Waals surface area contributed by atoms with Gasteiger partial charge in [-0.1, -0.05) is 89.7 Å². The number of hydrogen-bond acceptors (Lipinski definition) is 4. The second kappa shape index (κ2) is 25.1. The third-order valence-corrected chi connectivity index (χ3v) is 5.68. The molecule has 0 aliphatic rings. The van der Waals surface area contributed by atoms with Crippen molar-refractivity contribution in [3.8, 4) is 0 Å². The Bertz CT molecular complexity index is 431. The molecule has 0 aliphatic heterocycles. The van der Waals surface area contributed by atoms with Crippen LogP contribution in [0.5, 0.6) is 0 Å². The maximum atomic E-state index is 11.9. The van der Waals surface area contributed by atoms with Crippen LogP contribution in [-0.4, -0.2) is 30.1 Å². The minimum Gasteiger partial charge on any atom is -0.461 e. The molecule has 0 unspecified atom stereocenters. The van der Waals surface area contributed by atoms with Crippen LogP contribution in [0.3, 0.4) is 0 Å². The van der Waals surface area contributed by atoms with Gasteiger partial charge in [0.1, 0.15) is 12.4 Å². The summed E-state index contributed by atoms with van der Waals surface area (Å²) >= 11 is 0. The molecule has 0 aromatic rings. The molecule has 0 rings (SSSR count). The van der Waals surface area contributed by atoms with E-state index in [9.17, 15) is 9.59 Å². The monoisotopic (exact) mass is 438 g/mol. The van der Waals surface area contributed by atoms with Gasteiger partial charge >= 0.3 is 5.97 Å². The number of aliphatic hydroxyl groups excluding tert-OH is 1. The molecule has 0 saturated carbocycles. The molecule has 0 saturated heterocycles. The molecule has 0 aromatic heterocycles. The average Bonchev–Trinajstić information content (AvgIpc) is 2.76. The van der Waals surface area contributed by atoms with Crippen molar-refractivity contribution in [3.63, 3.8) is 0 Å². The van der Waals surface area contributed by atoms with Gasteiger partial charge in [-0.2, -0.15) is 0 Å². The summed E-state index contributed by atoms with van der Waals surface area (Å²) in [5.41, 5.74) is 0. The van der Waals surface area contributed by atoms with Gasteiger partial charge in [0.2, 0.25) is 0 Å². The summed E-state index contributed by atoms with van der Waals surface area (Å²) in [5.74, 6) is 0.322. The van der Waals surface area contributed by atoms with E-state index in [0.29, 0.717) is 25.4 Å². The Morgan fingerprint density at radius 3 is 1.74 bits per heavy atom. The first-order chi connectivity index (χ1) is 15.2. The minimum absolute atomic E-state index is 0.0883. The first kappa shape index (κ1) is 29.8. The summed E-state index contributed by atoms with van der Waals surface area (Å²) in [6.45, 7) is 2.92. The number of ether oxygens (including phenoxy) is 1. The zero-order valence-corrected chi connectivity index (χ0v) is 20.4. The zero-order valence-electron chi connectivity index (χ0n) is 20.4. The lowest BCUT2D eigenvalue weighted by Crippen LogP contribution is -2.04. The van der Waals surface area contributed by atoms with Crippen molar-refractivity contribution < 1.29 is 19.4 Å². The molecule has 0 bridgehead atoms. The quantitative estimate of drug-likeness (QED) is 0.0964. The molecule has 0 radical (unpaired) electrons. The number of rotatable bonds is 24. The van der Waals surface area contributed by atoms with Gasteiger partial charge in [0.25, 0.3) is 0 Å². The molecule has 182 valence electrons. The second-order valence-electron chi connectivity index (χ2n) is 8.76. The van der Waals surface area contributed by atoms with Crippen molar-refractivity contribution in [3.05, 3.63) is 12.2 Å². The molecule has 0 aromatic carbocycles. The summed E-state index contributed by atoms with van der Waals surface area (Å²) < 4.78 is 5.23. The predicted octanol–water partition coefficient (Wildman–Crippen LogP) is 7.47. The fraction of sp³-hybridized carbons (Fsp3) is 0.852. The van der Waals surface area contributed by atoms with Crippen LogP contribution in [0.4, 0.5) is 0 Å². The summed E-state index contributed by atoms with van der Waals surface area (Å²) in [5, 5.41) is 8.73. The normalized spacial score (nSPS) is 11.3. The van der Waals surface area contributed by atoms with E-state index in [1.807, 2.05) is 6.08 Å². The number of ketones is 1. The molecule has 31 heavy (non-hydrogen) atoms. The number of allylic oxidation sites excluding steroid dienone is 1. The molecular formula is C27H50O4. The molecule has 1 N–H and O–H groups in total. The van der Waals surface area contributed by atoms with Crippen LogP contribution in [0.25, 0.3) is 0 Å². The molecule has 0 heterocycles. The fourth-order valence-electron chi connectivity index (χ4n) is 3.65. The van der Waals surface area contributed by atoms with E-state index in [2.05, 4.69) is 13.0 Å². The van der Waals surface area contributed by atoms with Crippen molar-refractivity contribution in [2.75, 3.05) is 13.2 Å². The number of esters is 1. The van der Waals surface area contributed by atoms with Crippen LogP contribution < -0.4 is 0 Å². The van der Waals surface area contributed by atoms with Gasteiger partial charge in [-0.05, 0) is 38.5 Å². The Hall–Kier alpha value is -1.16. The maximum absolute atomic E-state index is 11.9. The number of unbranched alkanes of at least 4 members (excludes halogenated alkanes) is 14. The number of Topliss-reactive ketones (excluding diaryl/α,β-unsaturated/α-hetero) is 1. The van der Waals surface area contributed by atoms with Gasteiger partial charge in [0.15, 0.2) is 0 Å². The standard InChI is InChI=1S/C27H50O4/c1-2-3-4-5-10-15-20-25-31-27(30)23-18-13-7-6-11-16-21-26(29)22-17-12-8-9-14-19-24-28/h15,20,28H,2-14,16-19,21-25H2,1H3/b20-15-.